The molecular weight excluding hydrogens is 386 g/mol. The summed E-state index contributed by atoms with van der Waals surface area (Å²) in [5, 5.41) is 10.3. The van der Waals surface area contributed by atoms with Gasteiger partial charge in [-0.15, -0.1) is 0 Å². The molecule has 2 heterocycles. The number of hydrogen-bond donors (Lipinski definition) is 1. The van der Waals surface area contributed by atoms with Gasteiger partial charge in [0.05, 0.1) is 11.0 Å². The van der Waals surface area contributed by atoms with Crippen molar-refractivity contribution >= 4 is 11.0 Å². The Balaban J connectivity index is 1.34. The van der Waals surface area contributed by atoms with Crippen LogP contribution in [0.15, 0.2) is 29.1 Å². The highest BCUT2D eigenvalue weighted by atomic mass is 16.3. The van der Waals surface area contributed by atoms with Gasteiger partial charge in [0.1, 0.15) is 0 Å². The van der Waals surface area contributed by atoms with E-state index in [-0.39, 0.29) is 24.3 Å². The van der Waals surface area contributed by atoms with Crippen LogP contribution in [0, 0.1) is 23.7 Å². The van der Waals surface area contributed by atoms with E-state index in [4.69, 9.17) is 0 Å². The molecule has 1 N–H and O–H groups in total. The molecule has 1 aromatic carbocycles. The first-order valence-corrected chi connectivity index (χ1v) is 12.7. The van der Waals surface area contributed by atoms with Crippen molar-refractivity contribution in [1.29, 1.82) is 0 Å². The van der Waals surface area contributed by atoms with E-state index in [0.717, 1.165) is 48.3 Å². The molecule has 0 bridgehead atoms. The van der Waals surface area contributed by atoms with E-state index in [0.29, 0.717) is 6.54 Å². The second-order valence-corrected chi connectivity index (χ2v) is 10.3. The van der Waals surface area contributed by atoms with Crippen LogP contribution in [0.2, 0.25) is 0 Å². The molecule has 170 valence electrons. The molecule has 5 rings (SSSR count). The van der Waals surface area contributed by atoms with Crippen molar-refractivity contribution in [2.45, 2.75) is 70.9 Å². The summed E-state index contributed by atoms with van der Waals surface area (Å²) in [7, 11) is 0. The average molecular weight is 426 g/mol. The van der Waals surface area contributed by atoms with E-state index >= 15 is 0 Å². The highest BCUT2D eigenvalue weighted by Gasteiger charge is 2.38. The highest BCUT2D eigenvalue weighted by Crippen LogP contribution is 2.44. The Morgan fingerprint density at radius 3 is 2.55 bits per heavy atom. The second kappa shape index (κ2) is 9.11. The van der Waals surface area contributed by atoms with Crippen molar-refractivity contribution in [2.75, 3.05) is 26.2 Å². The van der Waals surface area contributed by atoms with Gasteiger partial charge in [-0.25, -0.2) is 4.79 Å². The molecule has 2 aromatic rings. The van der Waals surface area contributed by atoms with Gasteiger partial charge < -0.3 is 10.0 Å². The summed E-state index contributed by atoms with van der Waals surface area (Å²) in [5.74, 6) is 2.85. The predicted octanol–water partition coefficient (Wildman–Crippen LogP) is 4.28. The molecule has 31 heavy (non-hydrogen) atoms. The Morgan fingerprint density at radius 2 is 1.74 bits per heavy atom. The Morgan fingerprint density at radius 1 is 0.968 bits per heavy atom. The number of aliphatic hydroxyl groups excluding tert-OH is 1. The topological polar surface area (TPSA) is 50.4 Å². The fraction of sp³-hybridized carbons (Fsp3) is 0.731. The predicted molar refractivity (Wildman–Crippen MR) is 125 cm³/mol. The van der Waals surface area contributed by atoms with Gasteiger partial charge in [-0.2, -0.15) is 0 Å². The van der Waals surface area contributed by atoms with Crippen molar-refractivity contribution in [3.8, 4) is 0 Å². The molecule has 0 spiro atoms. The lowest BCUT2D eigenvalue weighted by molar-refractivity contribution is 0.0319. The molecule has 1 saturated heterocycles. The molecular formula is C26H39N3O2. The summed E-state index contributed by atoms with van der Waals surface area (Å²) in [6.07, 6.45) is 10.9. The van der Waals surface area contributed by atoms with Crippen molar-refractivity contribution < 1.29 is 5.11 Å². The van der Waals surface area contributed by atoms with Crippen molar-refractivity contribution in [3.63, 3.8) is 0 Å². The third kappa shape index (κ3) is 3.89. The first-order chi connectivity index (χ1) is 15.2. The van der Waals surface area contributed by atoms with E-state index in [9.17, 15) is 9.90 Å². The van der Waals surface area contributed by atoms with Crippen molar-refractivity contribution in [3.05, 3.63) is 34.7 Å². The van der Waals surface area contributed by atoms with Crippen LogP contribution in [0.25, 0.3) is 11.0 Å². The van der Waals surface area contributed by atoms with Gasteiger partial charge in [0.15, 0.2) is 0 Å². The zero-order chi connectivity index (χ0) is 21.4. The minimum absolute atomic E-state index is 0.0814. The molecule has 2 saturated carbocycles. The van der Waals surface area contributed by atoms with Crippen LogP contribution in [0.4, 0.5) is 0 Å². The lowest BCUT2D eigenvalue weighted by Gasteiger charge is -2.45. The quantitative estimate of drug-likeness (QED) is 0.778. The number of para-hydroxylation sites is 2. The van der Waals surface area contributed by atoms with E-state index in [1.807, 2.05) is 34.3 Å². The maximum absolute atomic E-state index is 13.3. The lowest BCUT2D eigenvalue weighted by Crippen LogP contribution is -2.48. The molecule has 5 nitrogen and oxygen atoms in total. The summed E-state index contributed by atoms with van der Waals surface area (Å²) >= 11 is 0. The standard InChI is InChI=1S/C26H39N3O2/c1-2-28-24-12-5-6-13-25(24)29(26(28)31)23-14-15-27(17-21(23)18-30)16-20-10-7-9-19-8-3-4-11-22(19)20/h5-6,12-13,19-23,30H,2-4,7-11,14-18H2,1H3/t19?,20?,21-,22?,23+/m0/s1. The Hall–Kier alpha value is -1.59. The SMILES string of the molecule is CCn1c(=O)n([C@@H]2CCN(CC3CCCC4CCCCC43)C[C@H]2CO)c2ccccc21. The minimum atomic E-state index is 0.0814. The van der Waals surface area contributed by atoms with Crippen LogP contribution in [-0.2, 0) is 6.54 Å². The van der Waals surface area contributed by atoms with Gasteiger partial charge in [0.2, 0.25) is 0 Å². The fourth-order valence-corrected chi connectivity index (χ4v) is 7.27. The number of aryl methyl sites for hydroxylation is 1. The molecule has 2 aliphatic carbocycles. The Labute approximate surface area is 186 Å². The summed E-state index contributed by atoms with van der Waals surface area (Å²) in [5.41, 5.74) is 2.11. The number of aromatic nitrogens is 2. The number of piperidine rings is 1. The van der Waals surface area contributed by atoms with Gasteiger partial charge in [-0.3, -0.25) is 9.13 Å². The Kier molecular flexibility index (Phi) is 6.25. The van der Waals surface area contributed by atoms with Crippen LogP contribution in [0.1, 0.15) is 64.3 Å². The first kappa shape index (κ1) is 21.3. The maximum atomic E-state index is 13.3. The Bertz CT molecular complexity index is 946. The largest absolute Gasteiger partial charge is 0.396 e. The minimum Gasteiger partial charge on any atom is -0.396 e. The van der Waals surface area contributed by atoms with E-state index in [1.165, 1.54) is 51.5 Å². The van der Waals surface area contributed by atoms with Crippen molar-refractivity contribution in [2.24, 2.45) is 23.7 Å². The fourth-order valence-electron chi connectivity index (χ4n) is 7.27. The maximum Gasteiger partial charge on any atom is 0.329 e. The molecule has 5 heteroatoms. The molecule has 0 radical (unpaired) electrons. The second-order valence-electron chi connectivity index (χ2n) is 10.3. The van der Waals surface area contributed by atoms with Gasteiger partial charge in [0, 0.05) is 44.7 Å². The summed E-state index contributed by atoms with van der Waals surface area (Å²) in [6, 6.07) is 8.22. The first-order valence-electron chi connectivity index (χ1n) is 12.7. The molecule has 1 aliphatic heterocycles. The van der Waals surface area contributed by atoms with Crippen LogP contribution >= 0.6 is 0 Å². The van der Waals surface area contributed by atoms with Crippen LogP contribution in [0.5, 0.6) is 0 Å². The zero-order valence-electron chi connectivity index (χ0n) is 19.1. The molecule has 5 atom stereocenters. The number of rotatable bonds is 5. The van der Waals surface area contributed by atoms with Gasteiger partial charge in [-0.1, -0.05) is 44.2 Å². The van der Waals surface area contributed by atoms with Gasteiger partial charge in [0.25, 0.3) is 0 Å². The summed E-state index contributed by atoms with van der Waals surface area (Å²) < 4.78 is 3.87. The van der Waals surface area contributed by atoms with E-state index in [1.54, 1.807) is 0 Å². The summed E-state index contributed by atoms with van der Waals surface area (Å²) in [4.78, 5) is 15.9. The zero-order valence-corrected chi connectivity index (χ0v) is 19.1. The van der Waals surface area contributed by atoms with E-state index < -0.39 is 0 Å². The molecule has 0 amide bonds. The summed E-state index contributed by atoms with van der Waals surface area (Å²) in [6.45, 7) is 6.00. The third-order valence-electron chi connectivity index (χ3n) is 8.75. The molecule has 3 fully saturated rings. The number of benzene rings is 1. The molecule has 1 aromatic heterocycles. The van der Waals surface area contributed by atoms with Crippen LogP contribution < -0.4 is 5.69 Å². The van der Waals surface area contributed by atoms with Crippen LogP contribution in [-0.4, -0.2) is 45.4 Å². The number of fused-ring (bicyclic) bond motifs is 2. The van der Waals surface area contributed by atoms with Gasteiger partial charge >= 0.3 is 5.69 Å². The van der Waals surface area contributed by atoms with Crippen LogP contribution in [0.3, 0.4) is 0 Å². The average Bonchev–Trinajstić information content (AvgIpc) is 3.10. The number of nitrogens with zero attached hydrogens (tertiary/aromatic N) is 3. The highest BCUT2D eigenvalue weighted by molar-refractivity contribution is 5.76. The number of hydrogen-bond acceptors (Lipinski definition) is 3. The monoisotopic (exact) mass is 425 g/mol. The number of aliphatic hydroxyl groups is 1. The normalized spacial score (nSPS) is 32.3. The molecule has 3 aliphatic rings. The molecule has 3 unspecified atom stereocenters. The van der Waals surface area contributed by atoms with Gasteiger partial charge in [-0.05, 0) is 56.1 Å². The smallest absolute Gasteiger partial charge is 0.329 e. The van der Waals surface area contributed by atoms with Crippen molar-refractivity contribution in [1.82, 2.24) is 14.0 Å². The lowest BCUT2D eigenvalue weighted by atomic mass is 9.65. The number of likely N-dealkylation sites (tertiary alicyclic amines) is 1. The third-order valence-corrected chi connectivity index (χ3v) is 8.75. The number of imidazole rings is 1. The van der Waals surface area contributed by atoms with E-state index in [2.05, 4.69) is 11.0 Å².